The van der Waals surface area contributed by atoms with Crippen molar-refractivity contribution in [2.45, 2.75) is 11.8 Å². The number of benzene rings is 3. The number of thioether (sulfide) groups is 1. The molecule has 0 bridgehead atoms. The van der Waals surface area contributed by atoms with Gasteiger partial charge in [-0.05, 0) is 70.0 Å². The van der Waals surface area contributed by atoms with Gasteiger partial charge in [-0.3, -0.25) is 0 Å². The van der Waals surface area contributed by atoms with Crippen molar-refractivity contribution in [1.82, 2.24) is 0 Å². The Bertz CT molecular complexity index is 1020. The van der Waals surface area contributed by atoms with Gasteiger partial charge in [0.2, 0.25) is 0 Å². The maximum absolute atomic E-state index is 10.7. The van der Waals surface area contributed by atoms with Crippen molar-refractivity contribution in [1.29, 1.82) is 0 Å². The molecule has 3 aromatic rings. The first-order chi connectivity index (χ1) is 14.0. The number of carboxylic acids is 1. The van der Waals surface area contributed by atoms with Crippen molar-refractivity contribution in [3.8, 4) is 5.75 Å². The molecule has 0 aliphatic carbocycles. The molecular weight excluding hydrogens is 495 g/mol. The van der Waals surface area contributed by atoms with Crippen molar-refractivity contribution < 1.29 is 14.6 Å². The van der Waals surface area contributed by atoms with E-state index < -0.39 is 5.97 Å². The Kier molecular flexibility index (Phi) is 7.77. The summed E-state index contributed by atoms with van der Waals surface area (Å²) in [4.78, 5) is 11.8. The smallest absolute Gasteiger partial charge is 0.341 e. The number of carboxylic acid groups (broad SMARTS) is 1. The maximum Gasteiger partial charge on any atom is 0.341 e. The zero-order valence-corrected chi connectivity index (χ0v) is 18.9. The lowest BCUT2D eigenvalue weighted by Crippen LogP contribution is -2.10. The van der Waals surface area contributed by atoms with Gasteiger partial charge in [0.15, 0.2) is 6.61 Å². The summed E-state index contributed by atoms with van der Waals surface area (Å²) >= 11 is 3.91. The fraction of sp³-hybridized carbons (Fsp3) is 0.125. The summed E-state index contributed by atoms with van der Waals surface area (Å²) in [5, 5.41) is 8.76. The summed E-state index contributed by atoms with van der Waals surface area (Å²) in [5.74, 6) is 0.441. The second-order valence-electron chi connectivity index (χ2n) is 6.38. The molecule has 0 spiro atoms. The van der Waals surface area contributed by atoms with Gasteiger partial charge in [-0.25, -0.2) is 4.79 Å². The zero-order chi connectivity index (χ0) is 20.6. The Morgan fingerprint density at radius 2 is 1.79 bits per heavy atom. The monoisotopic (exact) mass is 516 g/mol. The summed E-state index contributed by atoms with van der Waals surface area (Å²) in [5.41, 5.74) is 4.93. The molecule has 148 valence electrons. The molecule has 0 atom stereocenters. The molecule has 0 aliphatic rings. The van der Waals surface area contributed by atoms with Crippen LogP contribution < -0.4 is 4.74 Å². The summed E-state index contributed by atoms with van der Waals surface area (Å²) in [6.45, 7) is 1.81. The van der Waals surface area contributed by atoms with Crippen LogP contribution in [0.1, 0.15) is 16.7 Å². The highest BCUT2D eigenvalue weighted by Crippen LogP contribution is 2.30. The lowest BCUT2D eigenvalue weighted by molar-refractivity contribution is -0.139. The average molecular weight is 516 g/mol. The van der Waals surface area contributed by atoms with Crippen LogP contribution in [-0.2, 0) is 4.79 Å². The molecule has 1 N–H and O–H groups in total. The molecule has 0 saturated carbocycles. The second kappa shape index (κ2) is 10.5. The van der Waals surface area contributed by atoms with E-state index in [1.807, 2.05) is 24.3 Å². The van der Waals surface area contributed by atoms with Crippen molar-refractivity contribution >= 4 is 45.9 Å². The Labute approximate surface area is 188 Å². The molecule has 29 heavy (non-hydrogen) atoms. The molecular formula is C24H21IO3S. The number of ether oxygens (including phenoxy) is 1. The van der Waals surface area contributed by atoms with Gasteiger partial charge in [-0.1, -0.05) is 60.7 Å². The lowest BCUT2D eigenvalue weighted by atomic mass is 9.94. The molecule has 3 nitrogen and oxygen atoms in total. The molecule has 3 rings (SSSR count). The quantitative estimate of drug-likeness (QED) is 0.283. The molecule has 0 fully saturated rings. The van der Waals surface area contributed by atoms with Crippen molar-refractivity contribution in [2.24, 2.45) is 0 Å². The van der Waals surface area contributed by atoms with Crippen LogP contribution in [0.4, 0.5) is 0 Å². The largest absolute Gasteiger partial charge is 0.481 e. The van der Waals surface area contributed by atoms with E-state index in [4.69, 9.17) is 9.84 Å². The third kappa shape index (κ3) is 6.11. The average Bonchev–Trinajstić information content (AvgIpc) is 2.72. The van der Waals surface area contributed by atoms with Crippen LogP contribution in [0.5, 0.6) is 5.75 Å². The first-order valence-electron chi connectivity index (χ1n) is 9.13. The maximum atomic E-state index is 10.7. The normalized spacial score (nSPS) is 11.3. The Morgan fingerprint density at radius 1 is 1.07 bits per heavy atom. The summed E-state index contributed by atoms with van der Waals surface area (Å²) in [6.07, 6.45) is 2.27. The van der Waals surface area contributed by atoms with Crippen LogP contribution in [0.15, 0.2) is 83.8 Å². The molecule has 0 amide bonds. The molecule has 0 aliphatic heterocycles. The van der Waals surface area contributed by atoms with E-state index in [0.29, 0.717) is 5.75 Å². The molecule has 0 radical (unpaired) electrons. The van der Waals surface area contributed by atoms with Gasteiger partial charge >= 0.3 is 5.97 Å². The number of aryl methyl sites for hydroxylation is 1. The van der Waals surface area contributed by atoms with E-state index in [-0.39, 0.29) is 6.61 Å². The van der Waals surface area contributed by atoms with Crippen LogP contribution in [0.3, 0.4) is 0 Å². The second-order valence-corrected chi connectivity index (χ2v) is 8.64. The van der Waals surface area contributed by atoms with Crippen LogP contribution in [0.2, 0.25) is 0 Å². The zero-order valence-electron chi connectivity index (χ0n) is 16.0. The molecule has 3 aromatic carbocycles. The van der Waals surface area contributed by atoms with Crippen LogP contribution in [-0.4, -0.2) is 23.4 Å². The third-order valence-corrected chi connectivity index (χ3v) is 6.08. The van der Waals surface area contributed by atoms with E-state index >= 15 is 0 Å². The first-order valence-corrected chi connectivity index (χ1v) is 11.2. The van der Waals surface area contributed by atoms with Gasteiger partial charge in [0.25, 0.3) is 0 Å². The molecule has 0 unspecified atom stereocenters. The van der Waals surface area contributed by atoms with Gasteiger partial charge < -0.3 is 9.84 Å². The highest BCUT2D eigenvalue weighted by molar-refractivity contribution is 14.1. The van der Waals surface area contributed by atoms with Crippen molar-refractivity contribution in [2.75, 3.05) is 12.4 Å². The van der Waals surface area contributed by atoms with E-state index in [1.165, 1.54) is 22.3 Å². The number of hydrogen-bond acceptors (Lipinski definition) is 3. The highest BCUT2D eigenvalue weighted by Gasteiger charge is 2.08. The predicted octanol–water partition coefficient (Wildman–Crippen LogP) is 6.29. The van der Waals surface area contributed by atoms with Crippen molar-refractivity contribution in [3.05, 3.63) is 99.1 Å². The SMILES string of the molecule is Cc1ccccc1/C(=C\CSc1ccc(OCC(=O)O)c(I)c1)c1ccccc1. The summed E-state index contributed by atoms with van der Waals surface area (Å²) in [7, 11) is 0. The number of hydrogen-bond donors (Lipinski definition) is 1. The molecule has 5 heteroatoms. The topological polar surface area (TPSA) is 46.5 Å². The minimum atomic E-state index is -0.978. The first kappa shape index (κ1) is 21.5. The van der Waals surface area contributed by atoms with E-state index in [1.54, 1.807) is 11.8 Å². The van der Waals surface area contributed by atoms with E-state index in [0.717, 1.165) is 14.2 Å². The molecule has 0 heterocycles. The van der Waals surface area contributed by atoms with Crippen LogP contribution in [0.25, 0.3) is 5.57 Å². The minimum Gasteiger partial charge on any atom is -0.481 e. The fourth-order valence-corrected chi connectivity index (χ4v) is 4.62. The number of aliphatic carboxylic acids is 1. The third-order valence-electron chi connectivity index (χ3n) is 4.31. The van der Waals surface area contributed by atoms with Gasteiger partial charge in [-0.15, -0.1) is 11.8 Å². The minimum absolute atomic E-state index is 0.331. The number of halogens is 1. The Hall–Kier alpha value is -2.25. The number of carbonyl (C=O) groups is 1. The Morgan fingerprint density at radius 3 is 2.48 bits per heavy atom. The van der Waals surface area contributed by atoms with Crippen LogP contribution in [0, 0.1) is 10.5 Å². The predicted molar refractivity (Wildman–Crippen MR) is 128 cm³/mol. The summed E-state index contributed by atoms with van der Waals surface area (Å²) < 4.78 is 6.20. The summed E-state index contributed by atoms with van der Waals surface area (Å²) in [6, 6.07) is 24.7. The molecule has 0 aromatic heterocycles. The van der Waals surface area contributed by atoms with Gasteiger partial charge in [0.05, 0.1) is 3.57 Å². The van der Waals surface area contributed by atoms with E-state index in [9.17, 15) is 4.79 Å². The van der Waals surface area contributed by atoms with E-state index in [2.05, 4.69) is 84.1 Å². The lowest BCUT2D eigenvalue weighted by Gasteiger charge is -2.12. The van der Waals surface area contributed by atoms with Crippen molar-refractivity contribution in [3.63, 3.8) is 0 Å². The van der Waals surface area contributed by atoms with Crippen LogP contribution >= 0.6 is 34.4 Å². The van der Waals surface area contributed by atoms with Gasteiger partial charge in [0.1, 0.15) is 5.75 Å². The van der Waals surface area contributed by atoms with Gasteiger partial charge in [0, 0.05) is 10.6 Å². The fourth-order valence-electron chi connectivity index (χ4n) is 2.93. The molecule has 0 saturated heterocycles. The van der Waals surface area contributed by atoms with Gasteiger partial charge in [-0.2, -0.15) is 0 Å². The number of rotatable bonds is 8. The Balaban J connectivity index is 1.78. The standard InChI is InChI=1S/C24H21IO3S/c1-17-7-5-6-10-20(17)21(18-8-3-2-4-9-18)13-14-29-19-11-12-23(22(25)15-19)28-16-24(26)27/h2-13,15H,14,16H2,1H3,(H,26,27)/b21-13-. The highest BCUT2D eigenvalue weighted by atomic mass is 127.